The predicted octanol–water partition coefficient (Wildman–Crippen LogP) is 2.23. The highest BCUT2D eigenvalue weighted by atomic mass is 35.5. The number of halogens is 2. The number of rotatable bonds is 5. The molecular weight excluding hydrogens is 337 g/mol. The fraction of sp³-hybridized carbons (Fsp3) is 0.250. The maximum atomic E-state index is 12.3. The first-order valence-corrected chi connectivity index (χ1v) is 8.17. The number of benzene rings is 1. The van der Waals surface area contributed by atoms with Gasteiger partial charge in [0.2, 0.25) is 15.9 Å². The molecule has 1 heterocycles. The minimum Gasteiger partial charge on any atom is -0.445 e. The Morgan fingerprint density at radius 2 is 2.10 bits per heavy atom. The summed E-state index contributed by atoms with van der Waals surface area (Å²) in [5.74, 6) is 0.861. The Hall–Kier alpha value is -1.12. The van der Waals surface area contributed by atoms with Gasteiger partial charge >= 0.3 is 0 Å². The van der Waals surface area contributed by atoms with Crippen molar-refractivity contribution in [1.29, 1.82) is 0 Å². The zero-order valence-electron chi connectivity index (χ0n) is 11.1. The highest BCUT2D eigenvalue weighted by Gasteiger charge is 2.21. The van der Waals surface area contributed by atoms with E-state index < -0.39 is 10.0 Å². The van der Waals surface area contributed by atoms with Gasteiger partial charge in [-0.3, -0.25) is 0 Å². The van der Waals surface area contributed by atoms with Crippen LogP contribution in [0.4, 0.5) is 0 Å². The Kier molecular flexibility index (Phi) is 4.90. The summed E-state index contributed by atoms with van der Waals surface area (Å²) >= 11 is 12.0. The van der Waals surface area contributed by atoms with E-state index in [1.807, 2.05) is 0 Å². The maximum Gasteiger partial charge on any atom is 0.242 e. The van der Waals surface area contributed by atoms with Crippen LogP contribution in [0.5, 0.6) is 0 Å². The van der Waals surface area contributed by atoms with E-state index in [4.69, 9.17) is 33.4 Å². The lowest BCUT2D eigenvalue weighted by Gasteiger charge is -2.11. The number of nitrogens with one attached hydrogen (secondary N) is 1. The summed E-state index contributed by atoms with van der Waals surface area (Å²) in [7, 11) is -3.83. The van der Waals surface area contributed by atoms with E-state index in [0.717, 1.165) is 0 Å². The molecule has 0 amide bonds. The molecule has 9 heteroatoms. The molecule has 114 valence electrons. The van der Waals surface area contributed by atoms with Gasteiger partial charge < -0.3 is 10.2 Å². The van der Waals surface area contributed by atoms with Crippen molar-refractivity contribution in [2.75, 3.05) is 0 Å². The molecule has 1 aromatic carbocycles. The Bertz CT molecular complexity index is 759. The van der Waals surface area contributed by atoms with Crippen molar-refractivity contribution >= 4 is 33.2 Å². The molecule has 0 saturated carbocycles. The number of aromatic nitrogens is 1. The second kappa shape index (κ2) is 6.33. The third-order valence-corrected chi connectivity index (χ3v) is 5.07. The zero-order valence-corrected chi connectivity index (χ0v) is 13.4. The second-order valence-corrected chi connectivity index (χ2v) is 6.75. The number of nitrogens with zero attached hydrogens (tertiary/aromatic N) is 1. The van der Waals surface area contributed by atoms with Crippen molar-refractivity contribution < 1.29 is 12.8 Å². The molecule has 0 fully saturated rings. The Morgan fingerprint density at radius 1 is 1.38 bits per heavy atom. The fourth-order valence-electron chi connectivity index (χ4n) is 1.69. The van der Waals surface area contributed by atoms with Crippen LogP contribution >= 0.6 is 23.2 Å². The lowest BCUT2D eigenvalue weighted by atomic mass is 10.2. The van der Waals surface area contributed by atoms with Crippen LogP contribution < -0.4 is 10.5 Å². The van der Waals surface area contributed by atoms with E-state index in [9.17, 15) is 8.42 Å². The Morgan fingerprint density at radius 3 is 2.67 bits per heavy atom. The lowest BCUT2D eigenvalue weighted by molar-refractivity contribution is 0.463. The second-order valence-electron chi connectivity index (χ2n) is 4.23. The van der Waals surface area contributed by atoms with E-state index >= 15 is 0 Å². The normalized spacial score (nSPS) is 11.8. The molecule has 2 rings (SSSR count). The first-order chi connectivity index (χ1) is 9.85. The Balaban J connectivity index is 2.27. The third kappa shape index (κ3) is 3.56. The standard InChI is InChI=1S/C12H13Cl2N3O3S/c1-7-5-16-11(20-7)6-17-21(18,19)10-3-2-9(13)8(4-15)12(10)14/h2-3,5,17H,4,6,15H2,1H3. The number of hydrogen-bond acceptors (Lipinski definition) is 5. The summed E-state index contributed by atoms with van der Waals surface area (Å²) in [6.07, 6.45) is 1.51. The summed E-state index contributed by atoms with van der Waals surface area (Å²) in [5.41, 5.74) is 5.90. The number of nitrogens with two attached hydrogens (primary N) is 1. The molecule has 3 N–H and O–H groups in total. The topological polar surface area (TPSA) is 98.2 Å². The monoisotopic (exact) mass is 349 g/mol. The summed E-state index contributed by atoms with van der Waals surface area (Å²) in [6.45, 7) is 1.68. The fourth-order valence-corrected chi connectivity index (χ4v) is 3.59. The van der Waals surface area contributed by atoms with Crippen molar-refractivity contribution in [3.8, 4) is 0 Å². The predicted molar refractivity (Wildman–Crippen MR) is 79.6 cm³/mol. The van der Waals surface area contributed by atoms with Crippen LogP contribution in [0.25, 0.3) is 0 Å². The SMILES string of the molecule is Cc1cnc(CNS(=O)(=O)c2ccc(Cl)c(CN)c2Cl)o1. The largest absolute Gasteiger partial charge is 0.445 e. The van der Waals surface area contributed by atoms with Gasteiger partial charge in [0.1, 0.15) is 10.7 Å². The molecule has 2 aromatic rings. The van der Waals surface area contributed by atoms with Crippen LogP contribution in [0.1, 0.15) is 17.2 Å². The van der Waals surface area contributed by atoms with Gasteiger partial charge in [-0.2, -0.15) is 0 Å². The molecular formula is C12H13Cl2N3O3S. The smallest absolute Gasteiger partial charge is 0.242 e. The first-order valence-electron chi connectivity index (χ1n) is 5.93. The average Bonchev–Trinajstić information content (AvgIpc) is 2.83. The van der Waals surface area contributed by atoms with Crippen molar-refractivity contribution in [3.63, 3.8) is 0 Å². The Labute approximate surface area is 132 Å². The molecule has 0 bridgehead atoms. The maximum absolute atomic E-state index is 12.3. The van der Waals surface area contributed by atoms with Gasteiger partial charge in [-0.25, -0.2) is 18.1 Å². The van der Waals surface area contributed by atoms with Gasteiger partial charge in [-0.15, -0.1) is 0 Å². The summed E-state index contributed by atoms with van der Waals surface area (Å²) in [5, 5.41) is 0.339. The third-order valence-electron chi connectivity index (χ3n) is 2.73. The molecule has 0 unspecified atom stereocenters. The van der Waals surface area contributed by atoms with Crippen molar-refractivity contribution in [2.45, 2.75) is 24.9 Å². The van der Waals surface area contributed by atoms with Gasteiger partial charge in [0.25, 0.3) is 0 Å². The van der Waals surface area contributed by atoms with E-state index in [1.165, 1.54) is 18.3 Å². The average molecular weight is 350 g/mol. The number of sulfonamides is 1. The van der Waals surface area contributed by atoms with Crippen LogP contribution in [-0.4, -0.2) is 13.4 Å². The van der Waals surface area contributed by atoms with Crippen LogP contribution in [0, 0.1) is 6.92 Å². The molecule has 0 atom stereocenters. The lowest BCUT2D eigenvalue weighted by Crippen LogP contribution is -2.24. The summed E-state index contributed by atoms with van der Waals surface area (Å²) < 4.78 is 32.1. The van der Waals surface area contributed by atoms with Gasteiger partial charge in [0, 0.05) is 17.1 Å². The summed E-state index contributed by atoms with van der Waals surface area (Å²) in [4.78, 5) is 3.83. The number of aryl methyl sites for hydroxylation is 1. The molecule has 21 heavy (non-hydrogen) atoms. The first kappa shape index (κ1) is 16.3. The van der Waals surface area contributed by atoms with Crippen molar-refractivity contribution in [1.82, 2.24) is 9.71 Å². The molecule has 0 radical (unpaired) electrons. The molecule has 0 aliphatic carbocycles. The van der Waals surface area contributed by atoms with Crippen LogP contribution in [0.3, 0.4) is 0 Å². The zero-order chi connectivity index (χ0) is 15.6. The van der Waals surface area contributed by atoms with Crippen molar-refractivity contribution in [3.05, 3.63) is 45.6 Å². The van der Waals surface area contributed by atoms with Gasteiger partial charge in [-0.05, 0) is 19.1 Å². The number of hydrogen-bond donors (Lipinski definition) is 2. The highest BCUT2D eigenvalue weighted by Crippen LogP contribution is 2.30. The summed E-state index contributed by atoms with van der Waals surface area (Å²) in [6, 6.07) is 2.77. The van der Waals surface area contributed by atoms with Gasteiger partial charge in [0.05, 0.1) is 17.8 Å². The van der Waals surface area contributed by atoms with Crippen LogP contribution in [-0.2, 0) is 23.1 Å². The van der Waals surface area contributed by atoms with E-state index in [0.29, 0.717) is 16.3 Å². The van der Waals surface area contributed by atoms with Gasteiger partial charge in [0.15, 0.2) is 0 Å². The molecule has 0 aliphatic heterocycles. The van der Waals surface area contributed by atoms with E-state index in [2.05, 4.69) is 9.71 Å². The van der Waals surface area contributed by atoms with E-state index in [1.54, 1.807) is 6.92 Å². The molecule has 0 saturated heterocycles. The van der Waals surface area contributed by atoms with E-state index in [-0.39, 0.29) is 28.9 Å². The highest BCUT2D eigenvalue weighted by molar-refractivity contribution is 7.89. The van der Waals surface area contributed by atoms with Crippen LogP contribution in [0.2, 0.25) is 10.0 Å². The quantitative estimate of drug-likeness (QED) is 0.862. The molecule has 6 nitrogen and oxygen atoms in total. The van der Waals surface area contributed by atoms with Crippen LogP contribution in [0.15, 0.2) is 27.6 Å². The van der Waals surface area contributed by atoms with Gasteiger partial charge in [-0.1, -0.05) is 23.2 Å². The molecule has 0 spiro atoms. The minimum atomic E-state index is -3.83. The molecule has 1 aromatic heterocycles. The van der Waals surface area contributed by atoms with Crippen molar-refractivity contribution in [2.24, 2.45) is 5.73 Å². The number of oxazole rings is 1. The minimum absolute atomic E-state index is 0.0149. The molecule has 0 aliphatic rings.